The van der Waals surface area contributed by atoms with Crippen LogP contribution in [-0.4, -0.2) is 35.3 Å². The lowest BCUT2D eigenvalue weighted by Gasteiger charge is -2.22. The van der Waals surface area contributed by atoms with Crippen molar-refractivity contribution in [3.8, 4) is 0 Å². The van der Waals surface area contributed by atoms with Gasteiger partial charge in [-0.25, -0.2) is 4.79 Å². The first-order chi connectivity index (χ1) is 9.48. The molecule has 1 aromatic rings. The number of rotatable bonds is 7. The summed E-state index contributed by atoms with van der Waals surface area (Å²) in [6.45, 7) is 4.56. The zero-order chi connectivity index (χ0) is 15.0. The van der Waals surface area contributed by atoms with Gasteiger partial charge in [0.25, 0.3) is 0 Å². The molecule has 4 nitrogen and oxygen atoms in total. The fourth-order valence-electron chi connectivity index (χ4n) is 1.95. The predicted molar refractivity (Wildman–Crippen MR) is 85.1 cm³/mol. The average Bonchev–Trinajstić information content (AvgIpc) is 2.43. The van der Waals surface area contributed by atoms with Gasteiger partial charge in [0.1, 0.15) is 0 Å². The van der Waals surface area contributed by atoms with E-state index in [1.54, 1.807) is 18.7 Å². The quantitative estimate of drug-likeness (QED) is 0.722. The minimum absolute atomic E-state index is 0.245. The molecular formula is C15H24N2O2S. The second-order valence-corrected chi connectivity index (χ2v) is 5.95. The van der Waals surface area contributed by atoms with Crippen molar-refractivity contribution in [1.82, 2.24) is 10.6 Å². The first-order valence-electron chi connectivity index (χ1n) is 6.78. The van der Waals surface area contributed by atoms with E-state index in [0.29, 0.717) is 12.3 Å². The second kappa shape index (κ2) is 8.17. The van der Waals surface area contributed by atoms with Crippen molar-refractivity contribution in [3.63, 3.8) is 0 Å². The Morgan fingerprint density at radius 2 is 1.95 bits per heavy atom. The van der Waals surface area contributed by atoms with Crippen molar-refractivity contribution in [2.24, 2.45) is 0 Å². The Morgan fingerprint density at radius 3 is 2.55 bits per heavy atom. The van der Waals surface area contributed by atoms with Crippen LogP contribution in [0.4, 0.5) is 4.79 Å². The summed E-state index contributed by atoms with van der Waals surface area (Å²) in [5, 5.41) is 15.5. The van der Waals surface area contributed by atoms with Gasteiger partial charge >= 0.3 is 6.03 Å². The van der Waals surface area contributed by atoms with Crippen molar-refractivity contribution in [3.05, 3.63) is 35.4 Å². The van der Waals surface area contributed by atoms with Crippen LogP contribution in [0.15, 0.2) is 24.3 Å². The van der Waals surface area contributed by atoms with Crippen LogP contribution < -0.4 is 10.6 Å². The number of thioether (sulfide) groups is 1. The summed E-state index contributed by atoms with van der Waals surface area (Å²) in [6.07, 6.45) is 2.87. The molecule has 0 aliphatic rings. The van der Waals surface area contributed by atoms with Gasteiger partial charge in [0.05, 0.1) is 5.60 Å². The van der Waals surface area contributed by atoms with Gasteiger partial charge in [-0.15, -0.1) is 0 Å². The summed E-state index contributed by atoms with van der Waals surface area (Å²) in [5.41, 5.74) is 1.49. The molecule has 0 aliphatic heterocycles. The third-order valence-corrected chi connectivity index (χ3v) is 3.93. The highest BCUT2D eigenvalue weighted by atomic mass is 32.2. The number of aliphatic hydroxyl groups is 1. The smallest absolute Gasteiger partial charge is 0.315 e. The van der Waals surface area contributed by atoms with E-state index >= 15 is 0 Å². The molecular weight excluding hydrogens is 272 g/mol. The zero-order valence-electron chi connectivity index (χ0n) is 12.4. The summed E-state index contributed by atoms with van der Waals surface area (Å²) in [7, 11) is 0. The minimum Gasteiger partial charge on any atom is -0.387 e. The third-order valence-electron chi connectivity index (χ3n) is 3.02. The molecule has 112 valence electrons. The van der Waals surface area contributed by atoms with Gasteiger partial charge in [0.2, 0.25) is 0 Å². The molecule has 3 N–H and O–H groups in total. The highest BCUT2D eigenvalue weighted by Crippen LogP contribution is 2.10. The first-order valence-corrected chi connectivity index (χ1v) is 8.17. The molecule has 0 aliphatic carbocycles. The van der Waals surface area contributed by atoms with E-state index in [4.69, 9.17) is 0 Å². The molecule has 20 heavy (non-hydrogen) atoms. The van der Waals surface area contributed by atoms with E-state index < -0.39 is 5.60 Å². The Labute approximate surface area is 125 Å². The molecule has 0 saturated carbocycles. The van der Waals surface area contributed by atoms with Crippen LogP contribution in [-0.2, 0) is 13.0 Å². The standard InChI is InChI=1S/C15H24N2O2S/c1-4-12-7-5-6-8-13(12)9-16-14(18)17-10-15(2,19)11-20-3/h5-8,19H,4,9-11H2,1-3H3,(H2,16,17,18). The molecule has 0 bridgehead atoms. The zero-order valence-corrected chi connectivity index (χ0v) is 13.2. The van der Waals surface area contributed by atoms with Gasteiger partial charge in [-0.1, -0.05) is 31.2 Å². The number of benzene rings is 1. The molecule has 1 unspecified atom stereocenters. The lowest BCUT2D eigenvalue weighted by molar-refractivity contribution is 0.0869. The molecule has 0 aromatic heterocycles. The molecule has 0 heterocycles. The summed E-state index contributed by atoms with van der Waals surface area (Å²) in [4.78, 5) is 11.7. The monoisotopic (exact) mass is 296 g/mol. The van der Waals surface area contributed by atoms with Crippen LogP contribution in [0.25, 0.3) is 0 Å². The molecule has 0 radical (unpaired) electrons. The minimum atomic E-state index is -0.877. The molecule has 0 fully saturated rings. The van der Waals surface area contributed by atoms with Crippen molar-refractivity contribution in [1.29, 1.82) is 0 Å². The number of nitrogens with one attached hydrogen (secondary N) is 2. The molecule has 5 heteroatoms. The largest absolute Gasteiger partial charge is 0.387 e. The van der Waals surface area contributed by atoms with E-state index in [0.717, 1.165) is 12.0 Å². The molecule has 1 atom stereocenters. The lowest BCUT2D eigenvalue weighted by atomic mass is 10.1. The number of hydrogen-bond acceptors (Lipinski definition) is 3. The fraction of sp³-hybridized carbons (Fsp3) is 0.533. The number of aryl methyl sites for hydroxylation is 1. The number of urea groups is 1. The van der Waals surface area contributed by atoms with Gasteiger partial charge in [-0.2, -0.15) is 11.8 Å². The second-order valence-electron chi connectivity index (χ2n) is 5.09. The molecule has 0 spiro atoms. The van der Waals surface area contributed by atoms with Gasteiger partial charge in [-0.3, -0.25) is 0 Å². The normalized spacial score (nSPS) is 13.6. The molecule has 1 rings (SSSR count). The van der Waals surface area contributed by atoms with Crippen molar-refractivity contribution in [2.45, 2.75) is 32.4 Å². The van der Waals surface area contributed by atoms with E-state index in [2.05, 4.69) is 23.6 Å². The number of amides is 2. The number of carbonyl (C=O) groups excluding carboxylic acids is 1. The highest BCUT2D eigenvalue weighted by molar-refractivity contribution is 7.98. The third kappa shape index (κ3) is 5.84. The van der Waals surface area contributed by atoms with E-state index in [1.807, 2.05) is 24.5 Å². The molecule has 2 amide bonds. The van der Waals surface area contributed by atoms with Crippen molar-refractivity contribution < 1.29 is 9.90 Å². The van der Waals surface area contributed by atoms with Gasteiger partial charge in [0, 0.05) is 18.8 Å². The Kier molecular flexibility index (Phi) is 6.88. The summed E-state index contributed by atoms with van der Waals surface area (Å²) in [6, 6.07) is 7.80. The maximum atomic E-state index is 11.7. The number of hydrogen-bond donors (Lipinski definition) is 3. The van der Waals surface area contributed by atoms with E-state index in [1.165, 1.54) is 5.56 Å². The maximum Gasteiger partial charge on any atom is 0.315 e. The topological polar surface area (TPSA) is 61.4 Å². The first kappa shape index (κ1) is 16.9. The van der Waals surface area contributed by atoms with Crippen LogP contribution in [0.2, 0.25) is 0 Å². The van der Waals surface area contributed by atoms with Gasteiger partial charge in [0.15, 0.2) is 0 Å². The lowest BCUT2D eigenvalue weighted by Crippen LogP contribution is -2.46. The van der Waals surface area contributed by atoms with Gasteiger partial charge in [-0.05, 0) is 30.7 Å². The Hall–Kier alpha value is -1.20. The summed E-state index contributed by atoms with van der Waals surface area (Å²) >= 11 is 1.55. The molecule has 0 saturated heterocycles. The summed E-state index contributed by atoms with van der Waals surface area (Å²) < 4.78 is 0. The van der Waals surface area contributed by atoms with E-state index in [-0.39, 0.29) is 12.6 Å². The summed E-state index contributed by atoms with van der Waals surface area (Å²) in [5.74, 6) is 0.589. The Bertz CT molecular complexity index is 436. The van der Waals surface area contributed by atoms with Gasteiger partial charge < -0.3 is 15.7 Å². The molecule has 1 aromatic carbocycles. The Morgan fingerprint density at radius 1 is 1.30 bits per heavy atom. The van der Waals surface area contributed by atoms with Crippen LogP contribution in [0.3, 0.4) is 0 Å². The Balaban J connectivity index is 2.40. The SMILES string of the molecule is CCc1ccccc1CNC(=O)NCC(C)(O)CSC. The van der Waals surface area contributed by atoms with Crippen molar-refractivity contribution in [2.75, 3.05) is 18.6 Å². The average molecular weight is 296 g/mol. The van der Waals surface area contributed by atoms with Crippen LogP contribution >= 0.6 is 11.8 Å². The van der Waals surface area contributed by atoms with Crippen LogP contribution in [0, 0.1) is 0 Å². The highest BCUT2D eigenvalue weighted by Gasteiger charge is 2.20. The van der Waals surface area contributed by atoms with Crippen LogP contribution in [0.5, 0.6) is 0 Å². The van der Waals surface area contributed by atoms with Crippen LogP contribution in [0.1, 0.15) is 25.0 Å². The van der Waals surface area contributed by atoms with Crippen molar-refractivity contribution >= 4 is 17.8 Å². The predicted octanol–water partition coefficient (Wildman–Crippen LogP) is 2.16. The van der Waals surface area contributed by atoms with E-state index in [9.17, 15) is 9.90 Å². The maximum absolute atomic E-state index is 11.7. The fourth-order valence-corrected chi connectivity index (χ4v) is 2.67. The number of carbonyl (C=O) groups is 1.